The summed E-state index contributed by atoms with van der Waals surface area (Å²) in [7, 11) is 0. The lowest BCUT2D eigenvalue weighted by atomic mass is 10.1. The number of carbonyl (C=O) groups is 1. The fourth-order valence-corrected chi connectivity index (χ4v) is 3.96. The molecule has 2 heterocycles. The monoisotopic (exact) mass is 421 g/mol. The lowest BCUT2D eigenvalue weighted by Crippen LogP contribution is -2.08. The summed E-state index contributed by atoms with van der Waals surface area (Å²) in [6.45, 7) is 4.28. The van der Waals surface area contributed by atoms with Crippen molar-refractivity contribution < 1.29 is 9.53 Å². The van der Waals surface area contributed by atoms with E-state index in [0.29, 0.717) is 16.6 Å². The van der Waals surface area contributed by atoms with E-state index in [1.165, 1.54) is 0 Å². The third-order valence-corrected chi connectivity index (χ3v) is 5.58. The summed E-state index contributed by atoms with van der Waals surface area (Å²) in [6.07, 6.45) is 1.70. The van der Waals surface area contributed by atoms with Crippen LogP contribution in [0.1, 0.15) is 35.8 Å². The first-order chi connectivity index (χ1) is 15.6. The highest BCUT2D eigenvalue weighted by Gasteiger charge is 2.20. The van der Waals surface area contributed by atoms with Gasteiger partial charge in [-0.15, -0.1) is 0 Å². The Kier molecular flexibility index (Phi) is 5.15. The number of fused-ring (bicyclic) bond motifs is 2. The van der Waals surface area contributed by atoms with Gasteiger partial charge in [0, 0.05) is 11.6 Å². The molecule has 5 heteroatoms. The van der Waals surface area contributed by atoms with Crippen LogP contribution in [-0.2, 0) is 11.3 Å². The number of rotatable bonds is 5. The third kappa shape index (κ3) is 3.62. The number of pyridine rings is 1. The third-order valence-electron chi connectivity index (χ3n) is 5.58. The molecule has 5 nitrogen and oxygen atoms in total. The second-order valence-corrected chi connectivity index (χ2v) is 8.06. The van der Waals surface area contributed by atoms with Gasteiger partial charge in [-0.2, -0.15) is 5.10 Å². The van der Waals surface area contributed by atoms with Crippen molar-refractivity contribution in [1.29, 1.82) is 0 Å². The normalized spacial score (nSPS) is 11.3. The van der Waals surface area contributed by atoms with E-state index in [-0.39, 0.29) is 18.6 Å². The van der Waals surface area contributed by atoms with E-state index in [2.05, 4.69) is 17.2 Å². The van der Waals surface area contributed by atoms with E-state index in [1.807, 2.05) is 79.2 Å². The van der Waals surface area contributed by atoms with E-state index in [0.717, 1.165) is 27.6 Å². The first-order valence-corrected chi connectivity index (χ1v) is 10.7. The molecule has 32 heavy (non-hydrogen) atoms. The van der Waals surface area contributed by atoms with Gasteiger partial charge in [0.2, 0.25) is 0 Å². The van der Waals surface area contributed by atoms with E-state index >= 15 is 0 Å². The van der Waals surface area contributed by atoms with Crippen molar-refractivity contribution in [3.05, 3.63) is 96.2 Å². The van der Waals surface area contributed by atoms with Crippen molar-refractivity contribution in [2.75, 3.05) is 0 Å². The van der Waals surface area contributed by atoms with Gasteiger partial charge in [-0.25, -0.2) is 14.5 Å². The number of aromatic nitrogens is 3. The molecule has 0 atom stereocenters. The van der Waals surface area contributed by atoms with Crippen LogP contribution < -0.4 is 0 Å². The Balaban J connectivity index is 1.54. The molecule has 0 spiro atoms. The molecule has 0 unspecified atom stereocenters. The van der Waals surface area contributed by atoms with Crippen LogP contribution >= 0.6 is 0 Å². The Hall–Kier alpha value is -3.99. The summed E-state index contributed by atoms with van der Waals surface area (Å²) >= 11 is 0. The average Bonchev–Trinajstić information content (AvgIpc) is 3.27. The molecule has 0 N–H and O–H groups in total. The number of carbonyl (C=O) groups excluding carboxylic acids is 1. The highest BCUT2D eigenvalue weighted by molar-refractivity contribution is 6.04. The SMILES string of the molecule is CC(C)n1ncc2c(C(=O)OCc3cccc4ccccc34)cc(-c3ccccc3)nc21. The number of benzene rings is 3. The molecule has 158 valence electrons. The lowest BCUT2D eigenvalue weighted by molar-refractivity contribution is 0.0476. The maximum absolute atomic E-state index is 13.2. The number of nitrogens with zero attached hydrogens (tertiary/aromatic N) is 3. The van der Waals surface area contributed by atoms with Crippen LogP contribution in [-0.4, -0.2) is 20.7 Å². The average molecular weight is 422 g/mol. The molecule has 0 aliphatic heterocycles. The largest absolute Gasteiger partial charge is 0.457 e. The summed E-state index contributed by atoms with van der Waals surface area (Å²) in [4.78, 5) is 18.1. The Morgan fingerprint density at radius 3 is 2.50 bits per heavy atom. The molecule has 0 fully saturated rings. The van der Waals surface area contributed by atoms with Gasteiger partial charge in [0.25, 0.3) is 0 Å². The minimum Gasteiger partial charge on any atom is -0.457 e. The standard InChI is InChI=1S/C27H23N3O2/c1-18(2)30-26-24(16-28-30)23(15-25(29-26)20-10-4-3-5-11-20)27(31)32-17-21-13-8-12-19-9-6-7-14-22(19)21/h3-16,18H,17H2,1-2H3. The Morgan fingerprint density at radius 1 is 0.938 bits per heavy atom. The van der Waals surface area contributed by atoms with E-state index in [4.69, 9.17) is 9.72 Å². The summed E-state index contributed by atoms with van der Waals surface area (Å²) in [5.74, 6) is -0.383. The zero-order valence-corrected chi connectivity index (χ0v) is 18.0. The topological polar surface area (TPSA) is 57.0 Å². The number of ether oxygens (including phenoxy) is 1. The molecule has 0 aliphatic carbocycles. The van der Waals surface area contributed by atoms with Crippen molar-refractivity contribution in [2.24, 2.45) is 0 Å². The minimum atomic E-state index is -0.383. The molecule has 5 rings (SSSR count). The number of hydrogen-bond acceptors (Lipinski definition) is 4. The van der Waals surface area contributed by atoms with Gasteiger partial charge >= 0.3 is 5.97 Å². The molecule has 0 saturated carbocycles. The summed E-state index contributed by atoms with van der Waals surface area (Å²) in [5.41, 5.74) is 3.79. The maximum Gasteiger partial charge on any atom is 0.339 e. The van der Waals surface area contributed by atoms with Crippen LogP contribution in [0.15, 0.2) is 85.1 Å². The minimum absolute atomic E-state index is 0.116. The van der Waals surface area contributed by atoms with E-state index in [9.17, 15) is 4.79 Å². The van der Waals surface area contributed by atoms with Crippen LogP contribution in [0.25, 0.3) is 33.1 Å². The highest BCUT2D eigenvalue weighted by atomic mass is 16.5. The van der Waals surface area contributed by atoms with Gasteiger partial charge in [-0.1, -0.05) is 72.8 Å². The van der Waals surface area contributed by atoms with Crippen molar-refractivity contribution in [3.8, 4) is 11.3 Å². The molecule has 0 amide bonds. The molecule has 3 aromatic carbocycles. The molecule has 0 saturated heterocycles. The van der Waals surface area contributed by atoms with Gasteiger partial charge in [0.1, 0.15) is 6.61 Å². The van der Waals surface area contributed by atoms with Crippen molar-refractivity contribution in [2.45, 2.75) is 26.5 Å². The van der Waals surface area contributed by atoms with Crippen molar-refractivity contribution in [3.63, 3.8) is 0 Å². The van der Waals surface area contributed by atoms with Crippen LogP contribution in [0.2, 0.25) is 0 Å². The first-order valence-electron chi connectivity index (χ1n) is 10.7. The van der Waals surface area contributed by atoms with Gasteiger partial charge in [0.15, 0.2) is 5.65 Å². The second-order valence-electron chi connectivity index (χ2n) is 8.06. The van der Waals surface area contributed by atoms with Gasteiger partial charge < -0.3 is 4.74 Å². The predicted octanol–water partition coefficient (Wildman–Crippen LogP) is 6.19. The van der Waals surface area contributed by atoms with Gasteiger partial charge in [-0.3, -0.25) is 0 Å². The molecule has 0 aliphatic rings. The quantitative estimate of drug-likeness (QED) is 0.318. The zero-order chi connectivity index (χ0) is 22.1. The smallest absolute Gasteiger partial charge is 0.339 e. The summed E-state index contributed by atoms with van der Waals surface area (Å²) in [6, 6.07) is 25.9. The molecule has 0 bridgehead atoms. The lowest BCUT2D eigenvalue weighted by Gasteiger charge is -2.11. The molecule has 0 radical (unpaired) electrons. The highest BCUT2D eigenvalue weighted by Crippen LogP contribution is 2.27. The second kappa shape index (κ2) is 8.27. The Labute approximate surface area is 186 Å². The van der Waals surface area contributed by atoms with Crippen LogP contribution in [0, 0.1) is 0 Å². The molecule has 5 aromatic rings. The van der Waals surface area contributed by atoms with Crippen LogP contribution in [0.3, 0.4) is 0 Å². The van der Waals surface area contributed by atoms with E-state index < -0.39 is 0 Å². The van der Waals surface area contributed by atoms with Crippen molar-refractivity contribution in [1.82, 2.24) is 14.8 Å². The number of esters is 1. The summed E-state index contributed by atoms with van der Waals surface area (Å²) in [5, 5.41) is 7.38. The molecular weight excluding hydrogens is 398 g/mol. The van der Waals surface area contributed by atoms with Crippen LogP contribution in [0.5, 0.6) is 0 Å². The molecular formula is C27H23N3O2. The zero-order valence-electron chi connectivity index (χ0n) is 18.0. The van der Waals surface area contributed by atoms with E-state index in [1.54, 1.807) is 12.3 Å². The van der Waals surface area contributed by atoms with Crippen LogP contribution in [0.4, 0.5) is 0 Å². The fourth-order valence-electron chi connectivity index (χ4n) is 3.96. The maximum atomic E-state index is 13.2. The Morgan fingerprint density at radius 2 is 1.69 bits per heavy atom. The van der Waals surface area contributed by atoms with Gasteiger partial charge in [0.05, 0.1) is 22.8 Å². The first kappa shape index (κ1) is 19.9. The molecule has 2 aromatic heterocycles. The Bertz CT molecular complexity index is 1420. The number of hydrogen-bond donors (Lipinski definition) is 0. The van der Waals surface area contributed by atoms with Gasteiger partial charge in [-0.05, 0) is 36.2 Å². The predicted molar refractivity (Wildman–Crippen MR) is 126 cm³/mol. The summed E-state index contributed by atoms with van der Waals surface area (Å²) < 4.78 is 7.62. The van der Waals surface area contributed by atoms with Crippen molar-refractivity contribution >= 4 is 27.8 Å². The fraction of sp³-hybridized carbons (Fsp3) is 0.148.